The van der Waals surface area contributed by atoms with E-state index in [1.807, 2.05) is 18.2 Å². The lowest BCUT2D eigenvalue weighted by Gasteiger charge is -2.10. The summed E-state index contributed by atoms with van der Waals surface area (Å²) < 4.78 is 11.1. The van der Waals surface area contributed by atoms with Gasteiger partial charge in [0, 0.05) is 6.61 Å². The molecule has 0 aromatic heterocycles. The van der Waals surface area contributed by atoms with Crippen LogP contribution in [-0.2, 0) is 11.2 Å². The van der Waals surface area contributed by atoms with E-state index in [1.165, 1.54) is 5.56 Å². The average Bonchev–Trinajstić information content (AvgIpc) is 2.70. The van der Waals surface area contributed by atoms with Crippen LogP contribution in [0.25, 0.3) is 0 Å². The van der Waals surface area contributed by atoms with Crippen molar-refractivity contribution in [1.29, 1.82) is 0 Å². The molecule has 1 N–H and O–H groups in total. The van der Waals surface area contributed by atoms with E-state index in [-0.39, 0.29) is 6.10 Å². The number of hydrogen-bond donors (Lipinski definition) is 1. The third-order valence-corrected chi connectivity index (χ3v) is 3.11. The van der Waals surface area contributed by atoms with Crippen molar-refractivity contribution in [3.8, 4) is 5.75 Å². The van der Waals surface area contributed by atoms with Gasteiger partial charge in [0.25, 0.3) is 0 Å². The summed E-state index contributed by atoms with van der Waals surface area (Å²) in [5.41, 5.74) is 2.27. The van der Waals surface area contributed by atoms with Crippen LogP contribution in [-0.4, -0.2) is 24.9 Å². The summed E-state index contributed by atoms with van der Waals surface area (Å²) in [5, 5.41) is 9.71. The Morgan fingerprint density at radius 3 is 2.94 bits per heavy atom. The van der Waals surface area contributed by atoms with Gasteiger partial charge in [0.05, 0.1) is 12.7 Å². The lowest BCUT2D eigenvalue weighted by Crippen LogP contribution is -2.10. The standard InChI is InChI=1S/C15H22O3/c1-11(2)10-17-7-8-18-13-4-5-14-12(9-13)3-6-15(14)16/h4-5,9,11,15-16H,3,6-8,10H2,1-2H3/t15-/m0/s1. The van der Waals surface area contributed by atoms with Crippen LogP contribution < -0.4 is 4.74 Å². The van der Waals surface area contributed by atoms with Crippen molar-refractivity contribution in [2.45, 2.75) is 32.8 Å². The summed E-state index contributed by atoms with van der Waals surface area (Å²) in [6, 6.07) is 5.93. The molecule has 0 amide bonds. The molecule has 0 saturated heterocycles. The van der Waals surface area contributed by atoms with Gasteiger partial charge in [-0.05, 0) is 42.0 Å². The first-order valence-electron chi connectivity index (χ1n) is 6.68. The number of ether oxygens (including phenoxy) is 2. The van der Waals surface area contributed by atoms with Gasteiger partial charge in [-0.3, -0.25) is 0 Å². The van der Waals surface area contributed by atoms with Crippen LogP contribution >= 0.6 is 0 Å². The van der Waals surface area contributed by atoms with Gasteiger partial charge in [-0.1, -0.05) is 19.9 Å². The lowest BCUT2D eigenvalue weighted by atomic mass is 10.1. The number of hydrogen-bond acceptors (Lipinski definition) is 3. The second-order valence-corrected chi connectivity index (χ2v) is 5.23. The molecular weight excluding hydrogens is 228 g/mol. The Morgan fingerprint density at radius 1 is 1.33 bits per heavy atom. The zero-order valence-corrected chi connectivity index (χ0v) is 11.2. The van der Waals surface area contributed by atoms with Crippen molar-refractivity contribution in [2.24, 2.45) is 5.92 Å². The number of aliphatic hydroxyl groups excluding tert-OH is 1. The van der Waals surface area contributed by atoms with Crippen molar-refractivity contribution in [3.63, 3.8) is 0 Å². The highest BCUT2D eigenvalue weighted by molar-refractivity contribution is 5.39. The van der Waals surface area contributed by atoms with Crippen LogP contribution in [0.3, 0.4) is 0 Å². The molecule has 0 spiro atoms. The quantitative estimate of drug-likeness (QED) is 0.789. The summed E-state index contributed by atoms with van der Waals surface area (Å²) in [6.45, 7) is 6.24. The molecule has 18 heavy (non-hydrogen) atoms. The van der Waals surface area contributed by atoms with E-state index in [1.54, 1.807) is 0 Å². The summed E-state index contributed by atoms with van der Waals surface area (Å²) in [4.78, 5) is 0. The first-order valence-corrected chi connectivity index (χ1v) is 6.68. The Hall–Kier alpha value is -1.06. The minimum Gasteiger partial charge on any atom is -0.491 e. The fourth-order valence-electron chi connectivity index (χ4n) is 2.20. The topological polar surface area (TPSA) is 38.7 Å². The van der Waals surface area contributed by atoms with Gasteiger partial charge in [-0.2, -0.15) is 0 Å². The molecule has 0 heterocycles. The maximum atomic E-state index is 9.71. The molecule has 3 heteroatoms. The van der Waals surface area contributed by atoms with Gasteiger partial charge in [-0.15, -0.1) is 0 Å². The van der Waals surface area contributed by atoms with Crippen molar-refractivity contribution in [1.82, 2.24) is 0 Å². The second kappa shape index (κ2) is 6.21. The SMILES string of the molecule is CC(C)COCCOc1ccc2c(c1)CC[C@@H]2O. The summed E-state index contributed by atoms with van der Waals surface area (Å²) in [7, 11) is 0. The van der Waals surface area contributed by atoms with Crippen LogP contribution in [0.5, 0.6) is 5.75 Å². The van der Waals surface area contributed by atoms with E-state index in [9.17, 15) is 5.11 Å². The van der Waals surface area contributed by atoms with E-state index < -0.39 is 0 Å². The maximum Gasteiger partial charge on any atom is 0.119 e. The molecular formula is C15H22O3. The molecule has 3 nitrogen and oxygen atoms in total. The molecule has 0 saturated carbocycles. The Kier molecular flexibility index (Phi) is 4.61. The van der Waals surface area contributed by atoms with Gasteiger partial charge in [0.15, 0.2) is 0 Å². The van der Waals surface area contributed by atoms with Gasteiger partial charge in [-0.25, -0.2) is 0 Å². The van der Waals surface area contributed by atoms with Crippen molar-refractivity contribution >= 4 is 0 Å². The van der Waals surface area contributed by atoms with Gasteiger partial charge in [0.1, 0.15) is 12.4 Å². The molecule has 1 aromatic rings. The first-order chi connectivity index (χ1) is 8.66. The molecule has 1 aliphatic rings. The van der Waals surface area contributed by atoms with Gasteiger partial charge in [0.2, 0.25) is 0 Å². The monoisotopic (exact) mass is 250 g/mol. The van der Waals surface area contributed by atoms with E-state index in [4.69, 9.17) is 9.47 Å². The molecule has 0 unspecified atom stereocenters. The minimum absolute atomic E-state index is 0.288. The van der Waals surface area contributed by atoms with Crippen molar-refractivity contribution in [3.05, 3.63) is 29.3 Å². The molecule has 2 rings (SSSR count). The van der Waals surface area contributed by atoms with Crippen molar-refractivity contribution in [2.75, 3.05) is 19.8 Å². The van der Waals surface area contributed by atoms with Crippen LogP contribution in [0.15, 0.2) is 18.2 Å². The molecule has 0 radical (unpaired) electrons. The average molecular weight is 250 g/mol. The molecule has 0 aliphatic heterocycles. The minimum atomic E-state index is -0.288. The number of fused-ring (bicyclic) bond motifs is 1. The summed E-state index contributed by atoms with van der Waals surface area (Å²) in [6.07, 6.45) is 1.48. The molecule has 1 aromatic carbocycles. The number of rotatable bonds is 6. The van der Waals surface area contributed by atoms with Crippen LogP contribution in [0.4, 0.5) is 0 Å². The highest BCUT2D eigenvalue weighted by Gasteiger charge is 2.20. The lowest BCUT2D eigenvalue weighted by molar-refractivity contribution is 0.0819. The van der Waals surface area contributed by atoms with Crippen LogP contribution in [0, 0.1) is 5.92 Å². The van der Waals surface area contributed by atoms with Crippen LogP contribution in [0.2, 0.25) is 0 Å². The Morgan fingerprint density at radius 2 is 2.17 bits per heavy atom. The second-order valence-electron chi connectivity index (χ2n) is 5.23. The largest absolute Gasteiger partial charge is 0.491 e. The molecule has 1 atom stereocenters. The molecule has 0 fully saturated rings. The normalized spacial score (nSPS) is 18.1. The zero-order chi connectivity index (χ0) is 13.0. The fourth-order valence-corrected chi connectivity index (χ4v) is 2.20. The summed E-state index contributed by atoms with van der Waals surface area (Å²) in [5.74, 6) is 1.43. The first kappa shape index (κ1) is 13.4. The van der Waals surface area contributed by atoms with Crippen molar-refractivity contribution < 1.29 is 14.6 Å². The highest BCUT2D eigenvalue weighted by Crippen LogP contribution is 2.33. The summed E-state index contributed by atoms with van der Waals surface area (Å²) >= 11 is 0. The molecule has 1 aliphatic carbocycles. The smallest absolute Gasteiger partial charge is 0.119 e. The Balaban J connectivity index is 1.77. The molecule has 0 bridgehead atoms. The predicted molar refractivity (Wildman–Crippen MR) is 70.9 cm³/mol. The van der Waals surface area contributed by atoms with Gasteiger partial charge < -0.3 is 14.6 Å². The number of aryl methyl sites for hydroxylation is 1. The van der Waals surface area contributed by atoms with E-state index in [0.29, 0.717) is 19.1 Å². The maximum absolute atomic E-state index is 9.71. The molecule has 100 valence electrons. The predicted octanol–water partition coefficient (Wildman–Crippen LogP) is 2.72. The van der Waals surface area contributed by atoms with E-state index in [0.717, 1.165) is 30.8 Å². The highest BCUT2D eigenvalue weighted by atomic mass is 16.5. The fraction of sp³-hybridized carbons (Fsp3) is 0.600. The van der Waals surface area contributed by atoms with E-state index in [2.05, 4.69) is 13.8 Å². The zero-order valence-electron chi connectivity index (χ0n) is 11.2. The van der Waals surface area contributed by atoms with Crippen LogP contribution in [0.1, 0.15) is 37.5 Å². The number of aliphatic hydroxyl groups is 1. The Labute approximate surface area is 109 Å². The third-order valence-electron chi connectivity index (χ3n) is 3.11. The third kappa shape index (κ3) is 3.47. The Bertz CT molecular complexity index is 387. The van der Waals surface area contributed by atoms with Gasteiger partial charge >= 0.3 is 0 Å². The van der Waals surface area contributed by atoms with E-state index >= 15 is 0 Å². The number of benzene rings is 1.